The Balaban J connectivity index is 1.80. The minimum atomic E-state index is -0.103. The highest BCUT2D eigenvalue weighted by atomic mass is 16.5. The minimum absolute atomic E-state index is 0.0850. The maximum Gasteiger partial charge on any atom is 0.323 e. The molecule has 0 radical (unpaired) electrons. The summed E-state index contributed by atoms with van der Waals surface area (Å²) in [6.45, 7) is 5.35. The van der Waals surface area contributed by atoms with Crippen LogP contribution in [0, 0.1) is 17.8 Å². The SMILES string of the molecule is CCOC(=O)C(C)N(C)CC1CC2CCC1C2. The first-order chi connectivity index (χ1) is 8.11. The van der Waals surface area contributed by atoms with E-state index in [2.05, 4.69) is 4.90 Å². The monoisotopic (exact) mass is 239 g/mol. The molecule has 0 amide bonds. The minimum Gasteiger partial charge on any atom is -0.465 e. The first kappa shape index (κ1) is 12.9. The van der Waals surface area contributed by atoms with Gasteiger partial charge >= 0.3 is 5.97 Å². The van der Waals surface area contributed by atoms with Crippen molar-refractivity contribution >= 4 is 5.97 Å². The topological polar surface area (TPSA) is 29.5 Å². The van der Waals surface area contributed by atoms with Crippen LogP contribution in [-0.4, -0.2) is 37.1 Å². The molecule has 0 aliphatic heterocycles. The average molecular weight is 239 g/mol. The van der Waals surface area contributed by atoms with Crippen LogP contribution in [0.2, 0.25) is 0 Å². The molecule has 2 rings (SSSR count). The maximum atomic E-state index is 11.7. The van der Waals surface area contributed by atoms with Crippen molar-refractivity contribution in [3.8, 4) is 0 Å². The number of hydrogen-bond donors (Lipinski definition) is 0. The van der Waals surface area contributed by atoms with Crippen molar-refractivity contribution in [2.75, 3.05) is 20.2 Å². The normalized spacial score (nSPS) is 33.1. The third-order valence-corrected chi connectivity index (χ3v) is 4.70. The van der Waals surface area contributed by atoms with E-state index in [1.165, 1.54) is 25.7 Å². The second-order valence-electron chi connectivity index (χ2n) is 5.80. The summed E-state index contributed by atoms with van der Waals surface area (Å²) in [6, 6.07) is -0.103. The number of hydrogen-bond acceptors (Lipinski definition) is 3. The molecule has 3 nitrogen and oxygen atoms in total. The predicted octanol–water partition coefficient (Wildman–Crippen LogP) is 2.31. The van der Waals surface area contributed by atoms with E-state index in [1.54, 1.807) is 0 Å². The number of ether oxygens (including phenoxy) is 1. The lowest BCUT2D eigenvalue weighted by Gasteiger charge is -2.30. The van der Waals surface area contributed by atoms with E-state index in [-0.39, 0.29) is 12.0 Å². The van der Waals surface area contributed by atoms with E-state index >= 15 is 0 Å². The van der Waals surface area contributed by atoms with Crippen molar-refractivity contribution in [3.63, 3.8) is 0 Å². The smallest absolute Gasteiger partial charge is 0.323 e. The predicted molar refractivity (Wildman–Crippen MR) is 67.7 cm³/mol. The molecular formula is C14H25NO2. The van der Waals surface area contributed by atoms with Gasteiger partial charge in [-0.3, -0.25) is 9.69 Å². The summed E-state index contributed by atoms with van der Waals surface area (Å²) in [4.78, 5) is 13.8. The average Bonchev–Trinajstić information content (AvgIpc) is 2.90. The molecule has 2 aliphatic carbocycles. The Morgan fingerprint density at radius 1 is 1.41 bits per heavy atom. The van der Waals surface area contributed by atoms with Gasteiger partial charge in [-0.2, -0.15) is 0 Å². The molecule has 0 saturated heterocycles. The number of fused-ring (bicyclic) bond motifs is 2. The summed E-state index contributed by atoms with van der Waals surface area (Å²) in [5.74, 6) is 2.64. The zero-order valence-corrected chi connectivity index (χ0v) is 11.3. The van der Waals surface area contributed by atoms with Crippen LogP contribution in [-0.2, 0) is 9.53 Å². The lowest BCUT2D eigenvalue weighted by Crippen LogP contribution is -2.40. The lowest BCUT2D eigenvalue weighted by molar-refractivity contribution is -0.148. The van der Waals surface area contributed by atoms with Crippen LogP contribution in [0.4, 0.5) is 0 Å². The molecule has 17 heavy (non-hydrogen) atoms. The van der Waals surface area contributed by atoms with Crippen molar-refractivity contribution in [3.05, 3.63) is 0 Å². The molecule has 4 unspecified atom stereocenters. The standard InChI is InChI=1S/C14H25NO2/c1-4-17-14(16)10(2)15(3)9-13-8-11-5-6-12(13)7-11/h10-13H,4-9H2,1-3H3. The van der Waals surface area contributed by atoms with E-state index < -0.39 is 0 Å². The van der Waals surface area contributed by atoms with Crippen LogP contribution in [0.3, 0.4) is 0 Å². The summed E-state index contributed by atoms with van der Waals surface area (Å²) in [5.41, 5.74) is 0. The lowest BCUT2D eigenvalue weighted by atomic mass is 9.88. The number of carbonyl (C=O) groups is 1. The molecule has 2 fully saturated rings. The first-order valence-corrected chi connectivity index (χ1v) is 6.98. The zero-order valence-electron chi connectivity index (χ0n) is 11.3. The Labute approximate surface area is 105 Å². The number of carbonyl (C=O) groups excluding carboxylic acids is 1. The van der Waals surface area contributed by atoms with Gasteiger partial charge in [0.15, 0.2) is 0 Å². The second kappa shape index (κ2) is 5.38. The summed E-state index contributed by atoms with van der Waals surface area (Å²) in [7, 11) is 2.05. The van der Waals surface area contributed by atoms with Crippen LogP contribution in [0.15, 0.2) is 0 Å². The molecule has 0 N–H and O–H groups in total. The molecule has 0 aromatic heterocycles. The van der Waals surface area contributed by atoms with Gasteiger partial charge in [-0.1, -0.05) is 6.42 Å². The van der Waals surface area contributed by atoms with E-state index in [0.29, 0.717) is 6.61 Å². The molecular weight excluding hydrogens is 214 g/mol. The van der Waals surface area contributed by atoms with E-state index in [0.717, 1.165) is 24.3 Å². The molecule has 2 saturated carbocycles. The summed E-state index contributed by atoms with van der Waals surface area (Å²) in [5, 5.41) is 0. The number of likely N-dealkylation sites (N-methyl/N-ethyl adjacent to an activating group) is 1. The Bertz CT molecular complexity index is 279. The van der Waals surface area contributed by atoms with Crippen LogP contribution in [0.5, 0.6) is 0 Å². The quantitative estimate of drug-likeness (QED) is 0.689. The number of nitrogens with zero attached hydrogens (tertiary/aromatic N) is 1. The van der Waals surface area contributed by atoms with Crippen molar-refractivity contribution in [2.24, 2.45) is 17.8 Å². The van der Waals surface area contributed by atoms with Crippen molar-refractivity contribution < 1.29 is 9.53 Å². The van der Waals surface area contributed by atoms with Gasteiger partial charge in [0.1, 0.15) is 6.04 Å². The molecule has 98 valence electrons. The second-order valence-corrected chi connectivity index (χ2v) is 5.80. The van der Waals surface area contributed by atoms with Crippen molar-refractivity contribution in [1.82, 2.24) is 4.90 Å². The summed E-state index contributed by atoms with van der Waals surface area (Å²) in [6.07, 6.45) is 5.67. The third kappa shape index (κ3) is 2.82. The van der Waals surface area contributed by atoms with Crippen molar-refractivity contribution in [2.45, 2.75) is 45.6 Å². The van der Waals surface area contributed by atoms with Crippen LogP contribution < -0.4 is 0 Å². The Morgan fingerprint density at radius 3 is 2.71 bits per heavy atom. The maximum absolute atomic E-state index is 11.7. The Kier molecular flexibility index (Phi) is 4.08. The summed E-state index contributed by atoms with van der Waals surface area (Å²) >= 11 is 0. The van der Waals surface area contributed by atoms with E-state index in [4.69, 9.17) is 4.74 Å². The van der Waals surface area contributed by atoms with Gasteiger partial charge in [0.05, 0.1) is 6.61 Å². The first-order valence-electron chi connectivity index (χ1n) is 6.98. The molecule has 3 heteroatoms. The van der Waals surface area contributed by atoms with Gasteiger partial charge in [0.2, 0.25) is 0 Å². The largest absolute Gasteiger partial charge is 0.465 e. The fourth-order valence-corrected chi connectivity index (χ4v) is 3.57. The van der Waals surface area contributed by atoms with Gasteiger partial charge in [0, 0.05) is 6.54 Å². The van der Waals surface area contributed by atoms with Crippen LogP contribution in [0.1, 0.15) is 39.5 Å². The highest BCUT2D eigenvalue weighted by molar-refractivity contribution is 5.75. The van der Waals surface area contributed by atoms with Gasteiger partial charge in [-0.25, -0.2) is 0 Å². The van der Waals surface area contributed by atoms with Crippen LogP contribution >= 0.6 is 0 Å². The molecule has 4 atom stereocenters. The molecule has 2 bridgehead atoms. The molecule has 0 aromatic rings. The fraction of sp³-hybridized carbons (Fsp3) is 0.929. The highest BCUT2D eigenvalue weighted by Gasteiger charge is 2.40. The van der Waals surface area contributed by atoms with Crippen LogP contribution in [0.25, 0.3) is 0 Å². The molecule has 2 aliphatic rings. The van der Waals surface area contributed by atoms with Gasteiger partial charge in [0.25, 0.3) is 0 Å². The molecule has 0 heterocycles. The summed E-state index contributed by atoms with van der Waals surface area (Å²) < 4.78 is 5.07. The van der Waals surface area contributed by atoms with Gasteiger partial charge in [-0.15, -0.1) is 0 Å². The molecule has 0 aromatic carbocycles. The van der Waals surface area contributed by atoms with Gasteiger partial charge in [-0.05, 0) is 57.9 Å². The van der Waals surface area contributed by atoms with Crippen molar-refractivity contribution in [1.29, 1.82) is 0 Å². The Hall–Kier alpha value is -0.570. The van der Waals surface area contributed by atoms with E-state index in [9.17, 15) is 4.79 Å². The molecule has 0 spiro atoms. The highest BCUT2D eigenvalue weighted by Crippen LogP contribution is 2.48. The third-order valence-electron chi connectivity index (χ3n) is 4.70. The van der Waals surface area contributed by atoms with E-state index in [1.807, 2.05) is 20.9 Å². The zero-order chi connectivity index (χ0) is 12.4. The number of esters is 1. The Morgan fingerprint density at radius 2 is 2.18 bits per heavy atom. The van der Waals surface area contributed by atoms with Gasteiger partial charge < -0.3 is 4.74 Å². The number of rotatable bonds is 5. The fourth-order valence-electron chi connectivity index (χ4n) is 3.57.